The van der Waals surface area contributed by atoms with Gasteiger partial charge in [-0.3, -0.25) is 9.59 Å². The van der Waals surface area contributed by atoms with Gasteiger partial charge in [-0.1, -0.05) is 62.4 Å². The second-order valence-corrected chi connectivity index (χ2v) is 7.11. The van der Waals surface area contributed by atoms with Crippen LogP contribution in [0.25, 0.3) is 0 Å². The molecule has 26 heavy (non-hydrogen) atoms. The molecule has 0 aliphatic heterocycles. The van der Waals surface area contributed by atoms with Gasteiger partial charge in [0.25, 0.3) is 5.91 Å². The topological polar surface area (TPSA) is 49.4 Å². The van der Waals surface area contributed by atoms with Crippen molar-refractivity contribution in [1.29, 1.82) is 0 Å². The van der Waals surface area contributed by atoms with Gasteiger partial charge in [-0.15, -0.1) is 0 Å². The zero-order chi connectivity index (χ0) is 19.1. The number of carbonyl (C=O) groups excluding carboxylic acids is 2. The Morgan fingerprint density at radius 1 is 0.885 bits per heavy atom. The van der Waals surface area contributed by atoms with Crippen molar-refractivity contribution >= 4 is 11.8 Å². The average molecular weight is 352 g/mol. The number of benzene rings is 2. The summed E-state index contributed by atoms with van der Waals surface area (Å²) >= 11 is 0. The predicted octanol–water partition coefficient (Wildman–Crippen LogP) is 3.88. The van der Waals surface area contributed by atoms with Crippen LogP contribution in [-0.4, -0.2) is 28.8 Å². The zero-order valence-electron chi connectivity index (χ0n) is 16.0. The first-order chi connectivity index (χ1) is 12.4. The minimum absolute atomic E-state index is 0.00724. The van der Waals surface area contributed by atoms with Gasteiger partial charge in [0.15, 0.2) is 0 Å². The lowest BCUT2D eigenvalue weighted by Crippen LogP contribution is -2.52. The summed E-state index contributed by atoms with van der Waals surface area (Å²) < 4.78 is 0. The van der Waals surface area contributed by atoms with E-state index in [2.05, 4.69) is 5.32 Å². The number of rotatable bonds is 7. The van der Waals surface area contributed by atoms with Crippen LogP contribution in [0, 0.1) is 5.92 Å². The van der Waals surface area contributed by atoms with Crippen molar-refractivity contribution in [1.82, 2.24) is 10.2 Å². The molecule has 0 aliphatic carbocycles. The van der Waals surface area contributed by atoms with Crippen LogP contribution < -0.4 is 5.32 Å². The van der Waals surface area contributed by atoms with Gasteiger partial charge in [0.1, 0.15) is 6.04 Å². The molecular formula is C22H28N2O2. The van der Waals surface area contributed by atoms with E-state index >= 15 is 0 Å². The van der Waals surface area contributed by atoms with Crippen molar-refractivity contribution in [3.8, 4) is 0 Å². The number of amides is 2. The summed E-state index contributed by atoms with van der Waals surface area (Å²) in [6.07, 6.45) is 0. The highest BCUT2D eigenvalue weighted by atomic mass is 16.2. The largest absolute Gasteiger partial charge is 0.340 e. The molecule has 2 rings (SSSR count). The van der Waals surface area contributed by atoms with Crippen LogP contribution in [0.4, 0.5) is 0 Å². The first-order valence-corrected chi connectivity index (χ1v) is 9.10. The molecule has 0 saturated carbocycles. The summed E-state index contributed by atoms with van der Waals surface area (Å²) in [5.41, 5.74) is 1.64. The Kier molecular flexibility index (Phi) is 6.96. The van der Waals surface area contributed by atoms with Crippen LogP contribution >= 0.6 is 0 Å². The van der Waals surface area contributed by atoms with Crippen molar-refractivity contribution in [2.75, 3.05) is 0 Å². The molecule has 0 heterocycles. The van der Waals surface area contributed by atoms with Crippen LogP contribution in [0.1, 0.15) is 43.6 Å². The molecule has 2 aromatic carbocycles. The lowest BCUT2D eigenvalue weighted by Gasteiger charge is -2.32. The Morgan fingerprint density at radius 3 is 1.92 bits per heavy atom. The lowest BCUT2D eigenvalue weighted by atomic mass is 10.0. The first kappa shape index (κ1) is 19.7. The van der Waals surface area contributed by atoms with Crippen LogP contribution in [0.2, 0.25) is 0 Å². The Bertz CT molecular complexity index is 711. The number of nitrogens with zero attached hydrogens (tertiary/aromatic N) is 1. The van der Waals surface area contributed by atoms with Gasteiger partial charge in [-0.2, -0.15) is 0 Å². The maximum Gasteiger partial charge on any atom is 0.251 e. The van der Waals surface area contributed by atoms with Crippen LogP contribution in [0.5, 0.6) is 0 Å². The maximum absolute atomic E-state index is 13.2. The second-order valence-electron chi connectivity index (χ2n) is 7.11. The maximum atomic E-state index is 13.2. The van der Waals surface area contributed by atoms with E-state index < -0.39 is 6.04 Å². The molecule has 0 saturated heterocycles. The highest BCUT2D eigenvalue weighted by molar-refractivity contribution is 5.97. The second kappa shape index (κ2) is 9.18. The quantitative estimate of drug-likeness (QED) is 0.822. The molecule has 2 aromatic rings. The molecule has 1 atom stereocenters. The van der Waals surface area contributed by atoms with E-state index in [9.17, 15) is 9.59 Å². The van der Waals surface area contributed by atoms with Crippen LogP contribution in [0.3, 0.4) is 0 Å². The van der Waals surface area contributed by atoms with E-state index in [1.165, 1.54) is 0 Å². The summed E-state index contributed by atoms with van der Waals surface area (Å²) in [6.45, 7) is 8.43. The first-order valence-electron chi connectivity index (χ1n) is 9.10. The van der Waals surface area contributed by atoms with Gasteiger partial charge in [0.2, 0.25) is 5.91 Å². The molecule has 4 heteroatoms. The Balaban J connectivity index is 2.18. The van der Waals surface area contributed by atoms with E-state index in [0.29, 0.717) is 12.1 Å². The van der Waals surface area contributed by atoms with Gasteiger partial charge in [0, 0.05) is 18.2 Å². The highest BCUT2D eigenvalue weighted by Crippen LogP contribution is 2.14. The van der Waals surface area contributed by atoms with Crippen molar-refractivity contribution in [2.45, 2.75) is 46.3 Å². The standard InChI is InChI=1S/C22H28N2O2/c1-16(2)20(23-21(25)19-13-9-6-10-14-19)22(26)24(17(3)4)15-18-11-7-5-8-12-18/h5-14,16-17,20H,15H2,1-4H3,(H,23,25). The molecule has 1 N–H and O–H groups in total. The third-order valence-corrected chi connectivity index (χ3v) is 4.36. The molecule has 0 fully saturated rings. The number of carbonyl (C=O) groups is 2. The number of hydrogen-bond acceptors (Lipinski definition) is 2. The Labute approximate surface area is 156 Å². The highest BCUT2D eigenvalue weighted by Gasteiger charge is 2.30. The van der Waals surface area contributed by atoms with E-state index in [0.717, 1.165) is 5.56 Å². The molecule has 0 aliphatic rings. The fourth-order valence-electron chi connectivity index (χ4n) is 2.80. The molecule has 1 unspecified atom stereocenters. The van der Waals surface area contributed by atoms with Gasteiger partial charge >= 0.3 is 0 Å². The molecule has 0 radical (unpaired) electrons. The normalized spacial score (nSPS) is 12.1. The molecule has 0 aromatic heterocycles. The summed E-state index contributed by atoms with van der Waals surface area (Å²) in [5, 5.41) is 2.92. The minimum Gasteiger partial charge on any atom is -0.340 e. The van der Waals surface area contributed by atoms with Crippen LogP contribution in [-0.2, 0) is 11.3 Å². The Morgan fingerprint density at radius 2 is 1.42 bits per heavy atom. The number of hydrogen-bond donors (Lipinski definition) is 1. The van der Waals surface area contributed by atoms with Gasteiger partial charge < -0.3 is 10.2 Å². The fourth-order valence-corrected chi connectivity index (χ4v) is 2.80. The van der Waals surface area contributed by atoms with Gasteiger partial charge in [-0.25, -0.2) is 0 Å². The van der Waals surface area contributed by atoms with E-state index in [1.807, 2.05) is 81.1 Å². The summed E-state index contributed by atoms with van der Waals surface area (Å²) in [5.74, 6) is -0.281. The molecule has 138 valence electrons. The molecular weight excluding hydrogens is 324 g/mol. The summed E-state index contributed by atoms with van der Waals surface area (Å²) in [7, 11) is 0. The third-order valence-electron chi connectivity index (χ3n) is 4.36. The molecule has 0 spiro atoms. The summed E-state index contributed by atoms with van der Waals surface area (Å²) in [6, 6.07) is 18.4. The van der Waals surface area contributed by atoms with Crippen LogP contribution in [0.15, 0.2) is 60.7 Å². The van der Waals surface area contributed by atoms with E-state index in [-0.39, 0.29) is 23.8 Å². The van der Waals surface area contributed by atoms with E-state index in [1.54, 1.807) is 12.1 Å². The third kappa shape index (κ3) is 5.19. The molecule has 0 bridgehead atoms. The van der Waals surface area contributed by atoms with Crippen molar-refractivity contribution < 1.29 is 9.59 Å². The lowest BCUT2D eigenvalue weighted by molar-refractivity contribution is -0.136. The molecule has 4 nitrogen and oxygen atoms in total. The van der Waals surface area contributed by atoms with Crippen molar-refractivity contribution in [2.24, 2.45) is 5.92 Å². The van der Waals surface area contributed by atoms with E-state index in [4.69, 9.17) is 0 Å². The van der Waals surface area contributed by atoms with Gasteiger partial charge in [0.05, 0.1) is 0 Å². The monoisotopic (exact) mass is 352 g/mol. The predicted molar refractivity (Wildman–Crippen MR) is 105 cm³/mol. The Hall–Kier alpha value is -2.62. The average Bonchev–Trinajstić information content (AvgIpc) is 2.64. The van der Waals surface area contributed by atoms with Crippen molar-refractivity contribution in [3.05, 3.63) is 71.8 Å². The minimum atomic E-state index is -0.561. The van der Waals surface area contributed by atoms with Crippen molar-refractivity contribution in [3.63, 3.8) is 0 Å². The SMILES string of the molecule is CC(C)C(NC(=O)c1ccccc1)C(=O)N(Cc1ccccc1)C(C)C. The fraction of sp³-hybridized carbons (Fsp3) is 0.364. The zero-order valence-corrected chi connectivity index (χ0v) is 16.0. The smallest absolute Gasteiger partial charge is 0.251 e. The van der Waals surface area contributed by atoms with Gasteiger partial charge in [-0.05, 0) is 37.5 Å². The molecule has 2 amide bonds. The number of nitrogens with one attached hydrogen (secondary N) is 1. The summed E-state index contributed by atoms with van der Waals surface area (Å²) in [4.78, 5) is 27.6.